The standard InChI is InChI=1S/C7H13NO2/c1-3-8-4-7(5-9)6-10-2/h4-5,8H,3,6H2,1-2H3/b7-4-. The molecule has 0 spiro atoms. The van der Waals surface area contributed by atoms with Crippen molar-refractivity contribution in [2.45, 2.75) is 6.92 Å². The van der Waals surface area contributed by atoms with Gasteiger partial charge in [0.15, 0.2) is 0 Å². The second-order valence-corrected chi connectivity index (χ2v) is 1.83. The number of hydrogen-bond donors (Lipinski definition) is 1. The molecule has 0 radical (unpaired) electrons. The molecule has 0 fully saturated rings. The zero-order valence-corrected chi connectivity index (χ0v) is 6.39. The van der Waals surface area contributed by atoms with Crippen LogP contribution in [0.5, 0.6) is 0 Å². The van der Waals surface area contributed by atoms with E-state index in [2.05, 4.69) is 5.32 Å². The number of methoxy groups -OCH3 is 1. The molecule has 58 valence electrons. The molecule has 0 aliphatic heterocycles. The van der Waals surface area contributed by atoms with Crippen LogP contribution in [0.2, 0.25) is 0 Å². The summed E-state index contributed by atoms with van der Waals surface area (Å²) in [6.07, 6.45) is 2.45. The molecule has 0 rings (SSSR count). The molecule has 0 bridgehead atoms. The van der Waals surface area contributed by atoms with Crippen molar-refractivity contribution < 1.29 is 9.53 Å². The Morgan fingerprint density at radius 3 is 2.80 bits per heavy atom. The third-order valence-electron chi connectivity index (χ3n) is 0.954. The van der Waals surface area contributed by atoms with Crippen molar-refractivity contribution in [2.75, 3.05) is 20.3 Å². The largest absolute Gasteiger partial charge is 0.391 e. The highest BCUT2D eigenvalue weighted by molar-refractivity contribution is 5.73. The van der Waals surface area contributed by atoms with Crippen LogP contribution in [0.4, 0.5) is 0 Å². The maximum Gasteiger partial charge on any atom is 0.149 e. The third-order valence-corrected chi connectivity index (χ3v) is 0.954. The van der Waals surface area contributed by atoms with Crippen LogP contribution in [-0.4, -0.2) is 26.5 Å². The van der Waals surface area contributed by atoms with E-state index in [1.807, 2.05) is 6.92 Å². The fourth-order valence-corrected chi connectivity index (χ4v) is 0.510. The van der Waals surface area contributed by atoms with Crippen molar-refractivity contribution in [1.82, 2.24) is 5.32 Å². The summed E-state index contributed by atoms with van der Waals surface area (Å²) in [6, 6.07) is 0. The third kappa shape index (κ3) is 4.09. The van der Waals surface area contributed by atoms with E-state index in [1.165, 1.54) is 0 Å². The molecular weight excluding hydrogens is 130 g/mol. The van der Waals surface area contributed by atoms with E-state index in [4.69, 9.17) is 4.74 Å². The Morgan fingerprint density at radius 1 is 1.70 bits per heavy atom. The number of hydrogen-bond acceptors (Lipinski definition) is 3. The highest BCUT2D eigenvalue weighted by atomic mass is 16.5. The lowest BCUT2D eigenvalue weighted by Crippen LogP contribution is -2.07. The van der Waals surface area contributed by atoms with E-state index in [0.29, 0.717) is 12.2 Å². The van der Waals surface area contributed by atoms with E-state index in [-0.39, 0.29) is 0 Å². The summed E-state index contributed by atoms with van der Waals surface area (Å²) in [4.78, 5) is 10.2. The first kappa shape index (κ1) is 9.17. The number of rotatable bonds is 5. The normalized spacial score (nSPS) is 11.2. The average molecular weight is 143 g/mol. The van der Waals surface area contributed by atoms with Crippen molar-refractivity contribution in [3.05, 3.63) is 11.8 Å². The minimum absolute atomic E-state index is 0.372. The van der Waals surface area contributed by atoms with Gasteiger partial charge in [-0.25, -0.2) is 0 Å². The molecule has 0 aromatic heterocycles. The first-order valence-electron chi connectivity index (χ1n) is 3.21. The van der Waals surface area contributed by atoms with Crippen molar-refractivity contribution in [1.29, 1.82) is 0 Å². The molecule has 0 atom stereocenters. The van der Waals surface area contributed by atoms with E-state index in [9.17, 15) is 4.79 Å². The Bertz CT molecular complexity index is 121. The van der Waals surface area contributed by atoms with Gasteiger partial charge in [-0.15, -0.1) is 0 Å². The fourth-order valence-electron chi connectivity index (χ4n) is 0.510. The predicted octanol–water partition coefficient (Wildman–Crippen LogP) is 0.325. The van der Waals surface area contributed by atoms with Gasteiger partial charge in [0.1, 0.15) is 6.29 Å². The molecule has 0 saturated carbocycles. The van der Waals surface area contributed by atoms with Crippen LogP contribution >= 0.6 is 0 Å². The van der Waals surface area contributed by atoms with Crippen molar-refractivity contribution in [3.63, 3.8) is 0 Å². The molecule has 0 aliphatic carbocycles. The van der Waals surface area contributed by atoms with Gasteiger partial charge in [0.05, 0.1) is 6.61 Å². The van der Waals surface area contributed by atoms with Gasteiger partial charge in [-0.3, -0.25) is 4.79 Å². The fraction of sp³-hybridized carbons (Fsp3) is 0.571. The second-order valence-electron chi connectivity index (χ2n) is 1.83. The van der Waals surface area contributed by atoms with E-state index >= 15 is 0 Å². The highest BCUT2D eigenvalue weighted by Crippen LogP contribution is 1.86. The first-order chi connectivity index (χ1) is 4.85. The maximum atomic E-state index is 10.2. The van der Waals surface area contributed by atoms with Gasteiger partial charge in [-0.2, -0.15) is 0 Å². The van der Waals surface area contributed by atoms with E-state index < -0.39 is 0 Å². The highest BCUT2D eigenvalue weighted by Gasteiger charge is 1.90. The van der Waals surface area contributed by atoms with Gasteiger partial charge in [0, 0.05) is 25.4 Å². The number of aldehydes is 1. The molecule has 0 heterocycles. The van der Waals surface area contributed by atoms with Crippen LogP contribution in [0.1, 0.15) is 6.92 Å². The summed E-state index contributed by atoms with van der Waals surface area (Å²) >= 11 is 0. The molecular formula is C7H13NO2. The van der Waals surface area contributed by atoms with Crippen LogP contribution in [0.15, 0.2) is 11.8 Å². The monoisotopic (exact) mass is 143 g/mol. The molecule has 0 aromatic rings. The van der Waals surface area contributed by atoms with Gasteiger partial charge in [-0.1, -0.05) is 0 Å². The van der Waals surface area contributed by atoms with Crippen molar-refractivity contribution in [3.8, 4) is 0 Å². The quantitative estimate of drug-likeness (QED) is 0.445. The van der Waals surface area contributed by atoms with Crippen molar-refractivity contribution in [2.24, 2.45) is 0 Å². The SMILES string of the molecule is CCN/C=C(/C=O)COC. The number of ether oxygens (including phenoxy) is 1. The lowest BCUT2D eigenvalue weighted by atomic mass is 10.3. The lowest BCUT2D eigenvalue weighted by Gasteiger charge is -1.97. The van der Waals surface area contributed by atoms with E-state index in [1.54, 1.807) is 13.3 Å². The van der Waals surface area contributed by atoms with Crippen LogP contribution in [0, 0.1) is 0 Å². The van der Waals surface area contributed by atoms with Gasteiger partial charge >= 0.3 is 0 Å². The summed E-state index contributed by atoms with van der Waals surface area (Å²) in [5, 5.41) is 2.91. The Labute approximate surface area is 61.1 Å². The Hall–Kier alpha value is -0.830. The molecule has 3 nitrogen and oxygen atoms in total. The molecule has 0 aromatic carbocycles. The second kappa shape index (κ2) is 6.29. The zero-order valence-electron chi connectivity index (χ0n) is 6.39. The minimum atomic E-state index is 0.372. The first-order valence-corrected chi connectivity index (χ1v) is 3.21. The molecule has 3 heteroatoms. The summed E-state index contributed by atoms with van der Waals surface area (Å²) in [5.41, 5.74) is 0.629. The number of carbonyl (C=O) groups excluding carboxylic acids is 1. The van der Waals surface area contributed by atoms with Crippen LogP contribution in [0.3, 0.4) is 0 Å². The zero-order chi connectivity index (χ0) is 7.82. The number of nitrogens with one attached hydrogen (secondary N) is 1. The van der Waals surface area contributed by atoms with E-state index in [0.717, 1.165) is 12.8 Å². The van der Waals surface area contributed by atoms with Gasteiger partial charge < -0.3 is 10.1 Å². The lowest BCUT2D eigenvalue weighted by molar-refractivity contribution is -0.105. The van der Waals surface area contributed by atoms with Crippen LogP contribution in [0.25, 0.3) is 0 Å². The van der Waals surface area contributed by atoms with Gasteiger partial charge in [0.2, 0.25) is 0 Å². The number of carbonyl (C=O) groups is 1. The predicted molar refractivity (Wildman–Crippen MR) is 39.7 cm³/mol. The molecule has 0 amide bonds. The Balaban J connectivity index is 3.66. The maximum absolute atomic E-state index is 10.2. The topological polar surface area (TPSA) is 38.3 Å². The summed E-state index contributed by atoms with van der Waals surface area (Å²) in [5.74, 6) is 0. The minimum Gasteiger partial charge on any atom is -0.391 e. The molecule has 1 N–H and O–H groups in total. The van der Waals surface area contributed by atoms with Crippen molar-refractivity contribution >= 4 is 6.29 Å². The summed E-state index contributed by atoms with van der Waals surface area (Å²) in [6.45, 7) is 3.16. The van der Waals surface area contributed by atoms with Crippen LogP contribution < -0.4 is 5.32 Å². The molecule has 0 saturated heterocycles. The molecule has 0 aliphatic rings. The molecule has 10 heavy (non-hydrogen) atoms. The summed E-state index contributed by atoms with van der Waals surface area (Å²) < 4.78 is 4.75. The smallest absolute Gasteiger partial charge is 0.149 e. The Morgan fingerprint density at radius 2 is 2.40 bits per heavy atom. The summed E-state index contributed by atoms with van der Waals surface area (Å²) in [7, 11) is 1.56. The average Bonchev–Trinajstić information content (AvgIpc) is 1.98. The van der Waals surface area contributed by atoms with Crippen LogP contribution in [-0.2, 0) is 9.53 Å². The molecule has 0 unspecified atom stereocenters. The Kier molecular flexibility index (Phi) is 5.77. The van der Waals surface area contributed by atoms with Gasteiger partial charge in [-0.05, 0) is 6.92 Å². The van der Waals surface area contributed by atoms with Gasteiger partial charge in [0.25, 0.3) is 0 Å².